The summed E-state index contributed by atoms with van der Waals surface area (Å²) >= 11 is 5.98. The summed E-state index contributed by atoms with van der Waals surface area (Å²) in [7, 11) is 0. The Hall–Kier alpha value is -1.62. The third-order valence-electron chi connectivity index (χ3n) is 2.78. The average Bonchev–Trinajstić information content (AvgIpc) is 3.10. The third kappa shape index (κ3) is 2.61. The summed E-state index contributed by atoms with van der Waals surface area (Å²) in [4.78, 5) is 8.69. The van der Waals surface area contributed by atoms with Gasteiger partial charge in [-0.15, -0.1) is 0 Å². The fourth-order valence-electron chi connectivity index (χ4n) is 1.73. The lowest BCUT2D eigenvalue weighted by atomic mass is 10.3. The topological polar surface area (TPSA) is 63.8 Å². The van der Waals surface area contributed by atoms with Gasteiger partial charge in [0.25, 0.3) is 0 Å². The second kappa shape index (κ2) is 4.57. The number of rotatable bonds is 4. The van der Waals surface area contributed by atoms with E-state index in [1.807, 2.05) is 13.0 Å². The second-order valence-electron chi connectivity index (χ2n) is 4.49. The Balaban J connectivity index is 1.71. The zero-order chi connectivity index (χ0) is 12.5. The summed E-state index contributed by atoms with van der Waals surface area (Å²) in [5, 5.41) is 7.57. The molecular weight excluding hydrogens is 252 g/mol. The number of nitrogens with zero attached hydrogens (tertiary/aromatic N) is 3. The third-order valence-corrected chi connectivity index (χ3v) is 2.98. The first-order valence-corrected chi connectivity index (χ1v) is 6.29. The number of hydrogen-bond acceptors (Lipinski definition) is 5. The lowest BCUT2D eigenvalue weighted by Gasteiger charge is -2.05. The van der Waals surface area contributed by atoms with E-state index in [9.17, 15) is 0 Å². The molecule has 0 atom stereocenters. The molecule has 18 heavy (non-hydrogen) atoms. The maximum atomic E-state index is 5.98. The highest BCUT2D eigenvalue weighted by atomic mass is 35.5. The maximum Gasteiger partial charge on any atom is 0.135 e. The largest absolute Gasteiger partial charge is 0.364 e. The summed E-state index contributed by atoms with van der Waals surface area (Å²) in [6, 6.07) is 3.61. The molecular formula is C12H13ClN4O. The molecule has 0 saturated heterocycles. The molecule has 0 bridgehead atoms. The molecule has 0 aromatic carbocycles. The molecule has 94 valence electrons. The van der Waals surface area contributed by atoms with Crippen LogP contribution >= 0.6 is 11.6 Å². The summed E-state index contributed by atoms with van der Waals surface area (Å²) in [6.07, 6.45) is 2.31. The molecule has 3 rings (SSSR count). The molecule has 2 heterocycles. The van der Waals surface area contributed by atoms with E-state index < -0.39 is 0 Å². The molecule has 0 aliphatic heterocycles. The number of hydrogen-bond donors (Lipinski definition) is 1. The van der Waals surface area contributed by atoms with Gasteiger partial charge in [-0.1, -0.05) is 16.8 Å². The molecule has 2 aromatic rings. The Morgan fingerprint density at radius 3 is 2.89 bits per heavy atom. The van der Waals surface area contributed by atoms with Crippen LogP contribution in [0.4, 0.5) is 5.82 Å². The predicted molar refractivity (Wildman–Crippen MR) is 67.6 cm³/mol. The Labute approximate surface area is 110 Å². The van der Waals surface area contributed by atoms with E-state index >= 15 is 0 Å². The van der Waals surface area contributed by atoms with Crippen molar-refractivity contribution in [3.05, 3.63) is 34.6 Å². The van der Waals surface area contributed by atoms with Crippen molar-refractivity contribution in [3.8, 4) is 0 Å². The highest BCUT2D eigenvalue weighted by Gasteiger charge is 2.27. The SMILES string of the molecule is Cc1cc(CNc2cc(Cl)nc(C3CC3)n2)no1. The van der Waals surface area contributed by atoms with Gasteiger partial charge in [0.05, 0.1) is 6.54 Å². The first-order chi connectivity index (χ1) is 8.70. The summed E-state index contributed by atoms with van der Waals surface area (Å²) in [6.45, 7) is 2.43. The number of anilines is 1. The highest BCUT2D eigenvalue weighted by molar-refractivity contribution is 6.29. The molecule has 6 heteroatoms. The summed E-state index contributed by atoms with van der Waals surface area (Å²) < 4.78 is 5.00. The molecule has 1 N–H and O–H groups in total. The van der Waals surface area contributed by atoms with Gasteiger partial charge < -0.3 is 9.84 Å². The first-order valence-electron chi connectivity index (χ1n) is 5.91. The predicted octanol–water partition coefficient (Wildman–Crippen LogP) is 2.92. The maximum absolute atomic E-state index is 5.98. The minimum atomic E-state index is 0.478. The minimum absolute atomic E-state index is 0.478. The number of aryl methyl sites for hydroxylation is 1. The fraction of sp³-hybridized carbons (Fsp3) is 0.417. The molecule has 1 saturated carbocycles. The van der Waals surface area contributed by atoms with Gasteiger partial charge in [0.15, 0.2) is 0 Å². The molecule has 1 fully saturated rings. The van der Waals surface area contributed by atoms with Crippen molar-refractivity contribution in [2.75, 3.05) is 5.32 Å². The van der Waals surface area contributed by atoms with Crippen LogP contribution in [0.1, 0.15) is 36.0 Å². The van der Waals surface area contributed by atoms with Gasteiger partial charge in [-0.05, 0) is 19.8 Å². The van der Waals surface area contributed by atoms with Crippen LogP contribution in [0.3, 0.4) is 0 Å². The van der Waals surface area contributed by atoms with Gasteiger partial charge >= 0.3 is 0 Å². The van der Waals surface area contributed by atoms with Crippen molar-refractivity contribution in [2.45, 2.75) is 32.2 Å². The number of nitrogens with one attached hydrogen (secondary N) is 1. The van der Waals surface area contributed by atoms with Crippen LogP contribution in [-0.4, -0.2) is 15.1 Å². The van der Waals surface area contributed by atoms with E-state index in [0.29, 0.717) is 17.6 Å². The van der Waals surface area contributed by atoms with Crippen LogP contribution in [0.15, 0.2) is 16.7 Å². The number of halogens is 1. The van der Waals surface area contributed by atoms with Crippen LogP contribution < -0.4 is 5.32 Å². The van der Waals surface area contributed by atoms with Gasteiger partial charge in [-0.2, -0.15) is 0 Å². The zero-order valence-corrected chi connectivity index (χ0v) is 10.7. The lowest BCUT2D eigenvalue weighted by molar-refractivity contribution is 0.391. The van der Waals surface area contributed by atoms with Gasteiger partial charge in [-0.3, -0.25) is 0 Å². The van der Waals surface area contributed by atoms with Crippen LogP contribution in [0.5, 0.6) is 0 Å². The van der Waals surface area contributed by atoms with E-state index in [2.05, 4.69) is 20.4 Å². The Bertz CT molecular complexity index is 565. The van der Waals surface area contributed by atoms with Crippen LogP contribution in [0.2, 0.25) is 5.15 Å². The summed E-state index contributed by atoms with van der Waals surface area (Å²) in [5.74, 6) is 2.85. The van der Waals surface area contributed by atoms with Gasteiger partial charge in [0, 0.05) is 18.1 Å². The van der Waals surface area contributed by atoms with Crippen molar-refractivity contribution in [3.63, 3.8) is 0 Å². The molecule has 0 unspecified atom stereocenters. The van der Waals surface area contributed by atoms with Crippen molar-refractivity contribution in [1.29, 1.82) is 0 Å². The minimum Gasteiger partial charge on any atom is -0.364 e. The van der Waals surface area contributed by atoms with E-state index in [0.717, 1.165) is 35.9 Å². The van der Waals surface area contributed by atoms with E-state index in [-0.39, 0.29) is 0 Å². The lowest BCUT2D eigenvalue weighted by Crippen LogP contribution is -2.04. The Morgan fingerprint density at radius 2 is 2.22 bits per heavy atom. The molecule has 2 aromatic heterocycles. The van der Waals surface area contributed by atoms with E-state index in [4.69, 9.17) is 16.1 Å². The van der Waals surface area contributed by atoms with Crippen molar-refractivity contribution >= 4 is 17.4 Å². The Morgan fingerprint density at radius 1 is 1.39 bits per heavy atom. The van der Waals surface area contributed by atoms with Crippen molar-refractivity contribution < 1.29 is 4.52 Å². The van der Waals surface area contributed by atoms with Crippen LogP contribution in [-0.2, 0) is 6.54 Å². The van der Waals surface area contributed by atoms with Gasteiger partial charge in [0.1, 0.15) is 28.2 Å². The molecule has 0 amide bonds. The molecule has 1 aliphatic rings. The van der Waals surface area contributed by atoms with Crippen LogP contribution in [0.25, 0.3) is 0 Å². The second-order valence-corrected chi connectivity index (χ2v) is 4.88. The van der Waals surface area contributed by atoms with E-state index in [1.54, 1.807) is 6.07 Å². The molecule has 1 aliphatic carbocycles. The quantitative estimate of drug-likeness (QED) is 0.860. The fourth-order valence-corrected chi connectivity index (χ4v) is 1.92. The van der Waals surface area contributed by atoms with Crippen molar-refractivity contribution in [1.82, 2.24) is 15.1 Å². The molecule has 0 spiro atoms. The zero-order valence-electron chi connectivity index (χ0n) is 9.98. The van der Waals surface area contributed by atoms with E-state index in [1.165, 1.54) is 0 Å². The highest BCUT2D eigenvalue weighted by Crippen LogP contribution is 2.38. The Kier molecular flexibility index (Phi) is 2.91. The van der Waals surface area contributed by atoms with Crippen LogP contribution in [0, 0.1) is 6.92 Å². The monoisotopic (exact) mass is 264 g/mol. The van der Waals surface area contributed by atoms with Gasteiger partial charge in [-0.25, -0.2) is 9.97 Å². The number of aromatic nitrogens is 3. The summed E-state index contributed by atoms with van der Waals surface area (Å²) in [5.41, 5.74) is 0.843. The normalized spacial score (nSPS) is 14.8. The molecule has 0 radical (unpaired) electrons. The molecule has 5 nitrogen and oxygen atoms in total. The smallest absolute Gasteiger partial charge is 0.135 e. The standard InChI is InChI=1S/C12H13ClN4O/c1-7-4-9(17-18-7)6-14-11-5-10(13)15-12(16-11)8-2-3-8/h4-5,8H,2-3,6H2,1H3,(H,14,15,16). The average molecular weight is 265 g/mol. The van der Waals surface area contributed by atoms with Crippen molar-refractivity contribution in [2.24, 2.45) is 0 Å². The first kappa shape index (κ1) is 11.5. The van der Waals surface area contributed by atoms with Gasteiger partial charge in [0.2, 0.25) is 0 Å².